The molecule has 0 unspecified atom stereocenters. The fourth-order valence-corrected chi connectivity index (χ4v) is 4.16. The van der Waals surface area contributed by atoms with Gasteiger partial charge in [0.05, 0.1) is 6.21 Å². The molecule has 4 rings (SSSR count). The molecular formula is C28H32N4O. The number of hydrogen-bond acceptors (Lipinski definition) is 4. The van der Waals surface area contributed by atoms with Gasteiger partial charge in [0.15, 0.2) is 0 Å². The number of carbonyl (C=O) groups excluding carboxylic acids is 1. The van der Waals surface area contributed by atoms with Crippen molar-refractivity contribution in [1.82, 2.24) is 10.3 Å². The van der Waals surface area contributed by atoms with E-state index in [9.17, 15) is 4.79 Å². The van der Waals surface area contributed by atoms with Crippen LogP contribution in [0.3, 0.4) is 0 Å². The van der Waals surface area contributed by atoms with Crippen LogP contribution in [0, 0.1) is 20.8 Å². The molecule has 0 spiro atoms. The number of carbonyl (C=O) groups is 1. The lowest BCUT2D eigenvalue weighted by molar-refractivity contribution is 0.0955. The van der Waals surface area contributed by atoms with Gasteiger partial charge in [0.25, 0.3) is 5.91 Å². The van der Waals surface area contributed by atoms with Crippen LogP contribution >= 0.6 is 0 Å². The number of amides is 1. The molecule has 1 aliphatic rings. The highest BCUT2D eigenvalue weighted by atomic mass is 16.2. The lowest BCUT2D eigenvalue weighted by atomic mass is 10.00. The number of piperazine rings is 1. The summed E-state index contributed by atoms with van der Waals surface area (Å²) in [5.41, 5.74) is 10.5. The van der Waals surface area contributed by atoms with E-state index in [1.165, 1.54) is 27.9 Å². The summed E-state index contributed by atoms with van der Waals surface area (Å²) in [7, 11) is 0. The quantitative estimate of drug-likeness (QED) is 0.447. The van der Waals surface area contributed by atoms with Crippen molar-refractivity contribution in [2.75, 3.05) is 31.1 Å². The van der Waals surface area contributed by atoms with Gasteiger partial charge in [-0.15, -0.1) is 0 Å². The van der Waals surface area contributed by atoms with Gasteiger partial charge in [0.2, 0.25) is 0 Å². The Morgan fingerprint density at radius 3 is 2.27 bits per heavy atom. The van der Waals surface area contributed by atoms with Crippen molar-refractivity contribution >= 4 is 17.8 Å². The zero-order chi connectivity index (χ0) is 23.2. The normalized spacial score (nSPS) is 14.6. The predicted octanol–water partition coefficient (Wildman–Crippen LogP) is 4.70. The second-order valence-electron chi connectivity index (χ2n) is 8.72. The van der Waals surface area contributed by atoms with Crippen molar-refractivity contribution in [2.45, 2.75) is 27.3 Å². The molecular weight excluding hydrogens is 408 g/mol. The van der Waals surface area contributed by atoms with Gasteiger partial charge >= 0.3 is 0 Å². The lowest BCUT2D eigenvalue weighted by Crippen LogP contribution is -2.45. The number of hydrogen-bond donors (Lipinski definition) is 1. The molecule has 1 N–H and O–H groups in total. The Hall–Kier alpha value is -3.44. The number of para-hydroxylation sites is 1. The van der Waals surface area contributed by atoms with Crippen LogP contribution in [0.15, 0.2) is 71.8 Å². The third kappa shape index (κ3) is 5.68. The minimum atomic E-state index is -0.198. The second-order valence-corrected chi connectivity index (χ2v) is 8.72. The minimum absolute atomic E-state index is 0.198. The number of aryl methyl sites for hydroxylation is 1. The molecule has 0 saturated carbocycles. The van der Waals surface area contributed by atoms with Gasteiger partial charge in [-0.3, -0.25) is 9.69 Å². The van der Waals surface area contributed by atoms with E-state index in [4.69, 9.17) is 0 Å². The molecule has 0 radical (unpaired) electrons. The van der Waals surface area contributed by atoms with Crippen LogP contribution < -0.4 is 10.3 Å². The number of nitrogens with one attached hydrogen (secondary N) is 1. The first kappa shape index (κ1) is 22.7. The van der Waals surface area contributed by atoms with E-state index in [1.54, 1.807) is 6.21 Å². The monoisotopic (exact) mass is 440 g/mol. The van der Waals surface area contributed by atoms with Crippen LogP contribution in [0.5, 0.6) is 0 Å². The van der Waals surface area contributed by atoms with Crippen LogP contribution in [0.25, 0.3) is 0 Å². The Balaban J connectivity index is 1.28. The smallest absolute Gasteiger partial charge is 0.271 e. The maximum Gasteiger partial charge on any atom is 0.271 e. The first-order valence-electron chi connectivity index (χ1n) is 11.5. The van der Waals surface area contributed by atoms with E-state index >= 15 is 0 Å². The highest BCUT2D eigenvalue weighted by molar-refractivity contribution is 5.95. The maximum absolute atomic E-state index is 12.5. The summed E-state index contributed by atoms with van der Waals surface area (Å²) < 4.78 is 0. The molecule has 0 bridgehead atoms. The minimum Gasteiger partial charge on any atom is -0.369 e. The van der Waals surface area contributed by atoms with Gasteiger partial charge in [-0.05, 0) is 72.9 Å². The molecule has 3 aromatic rings. The molecule has 3 aromatic carbocycles. The van der Waals surface area contributed by atoms with Crippen molar-refractivity contribution in [2.24, 2.45) is 5.10 Å². The number of nitrogens with zero attached hydrogens (tertiary/aromatic N) is 3. The number of rotatable bonds is 6. The Bertz CT molecular complexity index is 1110. The van der Waals surface area contributed by atoms with Gasteiger partial charge in [0.1, 0.15) is 0 Å². The summed E-state index contributed by atoms with van der Waals surface area (Å²) in [6, 6.07) is 22.5. The zero-order valence-corrected chi connectivity index (χ0v) is 19.7. The van der Waals surface area contributed by atoms with Crippen molar-refractivity contribution < 1.29 is 4.79 Å². The van der Waals surface area contributed by atoms with Gasteiger partial charge in [-0.25, -0.2) is 5.43 Å². The predicted molar refractivity (Wildman–Crippen MR) is 136 cm³/mol. The van der Waals surface area contributed by atoms with Crippen LogP contribution in [-0.4, -0.2) is 43.2 Å². The van der Waals surface area contributed by atoms with Crippen molar-refractivity contribution in [3.63, 3.8) is 0 Å². The summed E-state index contributed by atoms with van der Waals surface area (Å²) in [6.07, 6.45) is 1.71. The number of benzene rings is 3. The second kappa shape index (κ2) is 10.5. The van der Waals surface area contributed by atoms with Gasteiger partial charge in [0, 0.05) is 44.0 Å². The van der Waals surface area contributed by atoms with Crippen molar-refractivity contribution in [3.05, 3.63) is 100 Å². The van der Waals surface area contributed by atoms with Crippen molar-refractivity contribution in [1.29, 1.82) is 0 Å². The van der Waals surface area contributed by atoms with E-state index in [1.807, 2.05) is 30.3 Å². The Labute approximate surface area is 196 Å². The first-order chi connectivity index (χ1) is 16.0. The fourth-order valence-electron chi connectivity index (χ4n) is 4.16. The average molecular weight is 441 g/mol. The van der Waals surface area contributed by atoms with Gasteiger partial charge in [-0.2, -0.15) is 5.10 Å². The third-order valence-electron chi connectivity index (χ3n) is 6.59. The molecule has 5 heteroatoms. The SMILES string of the molecule is Cc1ccc(/C=N\NC(=O)c2ccc(CN3CCN(c4ccccc4)CC3)cc2)c(C)c1C. The Kier molecular flexibility index (Phi) is 7.20. The molecule has 5 nitrogen and oxygen atoms in total. The molecule has 1 heterocycles. The average Bonchev–Trinajstić information content (AvgIpc) is 2.85. The van der Waals surface area contributed by atoms with E-state index in [0.717, 1.165) is 38.3 Å². The van der Waals surface area contributed by atoms with E-state index < -0.39 is 0 Å². The van der Waals surface area contributed by atoms with Crippen molar-refractivity contribution in [3.8, 4) is 0 Å². The van der Waals surface area contributed by atoms with Gasteiger partial charge < -0.3 is 4.90 Å². The molecule has 0 aromatic heterocycles. The van der Waals surface area contributed by atoms with Crippen LogP contribution in [0.1, 0.15) is 38.2 Å². The molecule has 1 fully saturated rings. The Morgan fingerprint density at radius 1 is 0.879 bits per heavy atom. The van der Waals surface area contributed by atoms with Crippen LogP contribution in [0.4, 0.5) is 5.69 Å². The molecule has 1 saturated heterocycles. The first-order valence-corrected chi connectivity index (χ1v) is 11.5. The van der Waals surface area contributed by atoms with Crippen LogP contribution in [0.2, 0.25) is 0 Å². The summed E-state index contributed by atoms with van der Waals surface area (Å²) in [6.45, 7) is 11.3. The van der Waals surface area contributed by atoms with Gasteiger partial charge in [-0.1, -0.05) is 42.5 Å². The number of anilines is 1. The summed E-state index contributed by atoms with van der Waals surface area (Å²) >= 11 is 0. The van der Waals surface area contributed by atoms with Crippen LogP contribution in [-0.2, 0) is 6.54 Å². The highest BCUT2D eigenvalue weighted by Gasteiger charge is 2.17. The number of hydrazone groups is 1. The van der Waals surface area contributed by atoms with E-state index in [2.05, 4.69) is 77.5 Å². The topological polar surface area (TPSA) is 47.9 Å². The third-order valence-corrected chi connectivity index (χ3v) is 6.59. The molecule has 170 valence electrons. The summed E-state index contributed by atoms with van der Waals surface area (Å²) in [4.78, 5) is 17.4. The molecule has 33 heavy (non-hydrogen) atoms. The summed E-state index contributed by atoms with van der Waals surface area (Å²) in [5, 5.41) is 4.16. The standard InChI is InChI=1S/C28H32N4O/c1-21-9-12-26(23(3)22(21)2)19-29-30-28(33)25-13-10-24(11-14-25)20-31-15-17-32(18-16-31)27-7-5-4-6-8-27/h4-14,19H,15-18,20H2,1-3H3,(H,30,33)/b29-19-. The molecule has 1 amide bonds. The largest absolute Gasteiger partial charge is 0.369 e. The molecule has 1 aliphatic heterocycles. The maximum atomic E-state index is 12.5. The molecule has 0 aliphatic carbocycles. The molecule has 0 atom stereocenters. The van der Waals surface area contributed by atoms with E-state index in [-0.39, 0.29) is 5.91 Å². The fraction of sp³-hybridized carbons (Fsp3) is 0.286. The zero-order valence-electron chi connectivity index (χ0n) is 19.7. The van der Waals surface area contributed by atoms with E-state index in [0.29, 0.717) is 5.56 Å². The lowest BCUT2D eigenvalue weighted by Gasteiger charge is -2.36. The summed E-state index contributed by atoms with van der Waals surface area (Å²) in [5.74, 6) is -0.198. The Morgan fingerprint density at radius 2 is 1.58 bits per heavy atom. The highest BCUT2D eigenvalue weighted by Crippen LogP contribution is 2.17.